The smallest absolute Gasteiger partial charge is 0.341 e. The highest BCUT2D eigenvalue weighted by atomic mass is 35.5. The lowest BCUT2D eigenvalue weighted by Crippen LogP contribution is -2.09. The fourth-order valence-corrected chi connectivity index (χ4v) is 4.93. The lowest BCUT2D eigenvalue weighted by Gasteiger charge is -2.13. The molecule has 1 N–H and O–H groups in total. The van der Waals surface area contributed by atoms with Gasteiger partial charge in [-0.05, 0) is 81.4 Å². The maximum Gasteiger partial charge on any atom is 0.341 e. The first-order valence-electron chi connectivity index (χ1n) is 13.9. The van der Waals surface area contributed by atoms with Gasteiger partial charge in [0.15, 0.2) is 6.61 Å². The average Bonchev–Trinajstić information content (AvgIpc) is 3.06. The number of benzene rings is 5. The first-order valence-corrected chi connectivity index (χ1v) is 14.3. The molecule has 0 radical (unpaired) electrons. The van der Waals surface area contributed by atoms with Crippen molar-refractivity contribution in [2.75, 3.05) is 27.4 Å². The number of carboxylic acids is 1. The molecule has 0 fully saturated rings. The zero-order valence-electron chi connectivity index (χ0n) is 24.3. The van der Waals surface area contributed by atoms with Crippen LogP contribution in [0.4, 0.5) is 0 Å². The molecule has 0 bridgehead atoms. The summed E-state index contributed by atoms with van der Waals surface area (Å²) < 4.78 is 21.8. The Hall–Kier alpha value is -5.20. The van der Waals surface area contributed by atoms with Crippen LogP contribution in [0.15, 0.2) is 121 Å². The van der Waals surface area contributed by atoms with Gasteiger partial charge in [-0.25, -0.2) is 4.79 Å². The Kier molecular flexibility index (Phi) is 9.85. The van der Waals surface area contributed by atoms with Crippen LogP contribution >= 0.6 is 11.6 Å². The summed E-state index contributed by atoms with van der Waals surface area (Å²) in [5, 5.41) is 9.13. The number of halogens is 1. The molecule has 222 valence electrons. The van der Waals surface area contributed by atoms with Crippen molar-refractivity contribution >= 4 is 23.1 Å². The molecule has 5 aromatic rings. The van der Waals surface area contributed by atoms with Crippen LogP contribution in [-0.2, 0) is 4.79 Å². The fourth-order valence-electron chi connectivity index (χ4n) is 4.70. The highest BCUT2D eigenvalue weighted by Crippen LogP contribution is 2.31. The van der Waals surface area contributed by atoms with Gasteiger partial charge in [0.25, 0.3) is 0 Å². The molecule has 5 rings (SSSR count). The van der Waals surface area contributed by atoms with Crippen molar-refractivity contribution in [1.29, 1.82) is 0 Å². The minimum atomic E-state index is -1.08. The quantitative estimate of drug-likeness (QED) is 0.153. The molecule has 0 spiro atoms. The summed E-state index contributed by atoms with van der Waals surface area (Å²) in [4.78, 5) is 10.8. The number of rotatable bonds is 12. The van der Waals surface area contributed by atoms with Crippen LogP contribution in [0.2, 0.25) is 5.02 Å². The predicted molar refractivity (Wildman–Crippen MR) is 174 cm³/mol. The van der Waals surface area contributed by atoms with E-state index in [-0.39, 0.29) is 17.4 Å². The van der Waals surface area contributed by atoms with Gasteiger partial charge in [-0.1, -0.05) is 84.4 Å². The van der Waals surface area contributed by atoms with Crippen molar-refractivity contribution in [2.45, 2.75) is 0 Å². The van der Waals surface area contributed by atoms with E-state index in [9.17, 15) is 4.79 Å². The highest BCUT2D eigenvalue weighted by Gasteiger charge is 2.10. The molecule has 0 aliphatic carbocycles. The maximum absolute atomic E-state index is 10.8. The molecule has 0 heterocycles. The Morgan fingerprint density at radius 3 is 1.48 bits per heavy atom. The standard InChI is InChI=1S/C37H31ClO6/c1-41-31-15-11-27(12-16-31)25-3-7-29(8-4-25)34(21-22-43-33-19-20-36(35(38)23-33)44-24-37(39)40)30-9-5-26(6-10-30)28-13-17-32(42-2)18-14-28/h3-21,23H,22,24H2,1-2H3,(H,39,40). The van der Waals surface area contributed by atoms with Crippen molar-refractivity contribution < 1.29 is 28.8 Å². The van der Waals surface area contributed by atoms with E-state index in [0.717, 1.165) is 50.5 Å². The van der Waals surface area contributed by atoms with Gasteiger partial charge < -0.3 is 24.1 Å². The van der Waals surface area contributed by atoms with Crippen LogP contribution in [0.5, 0.6) is 23.0 Å². The predicted octanol–water partition coefficient (Wildman–Crippen LogP) is 8.67. The van der Waals surface area contributed by atoms with Crippen LogP contribution in [0.1, 0.15) is 11.1 Å². The fraction of sp³-hybridized carbons (Fsp3) is 0.108. The van der Waals surface area contributed by atoms with Gasteiger partial charge in [0.2, 0.25) is 0 Å². The molecule has 0 saturated heterocycles. The molecule has 0 aliphatic heterocycles. The third-order valence-corrected chi connectivity index (χ3v) is 7.33. The van der Waals surface area contributed by atoms with Crippen LogP contribution in [0.25, 0.3) is 27.8 Å². The maximum atomic E-state index is 10.8. The van der Waals surface area contributed by atoms with Crippen LogP contribution in [0.3, 0.4) is 0 Å². The summed E-state index contributed by atoms with van der Waals surface area (Å²) in [5.41, 5.74) is 7.49. The van der Waals surface area contributed by atoms with Gasteiger partial charge in [0.05, 0.1) is 19.2 Å². The summed E-state index contributed by atoms with van der Waals surface area (Å²) in [6, 6.07) is 37.7. The van der Waals surface area contributed by atoms with Gasteiger partial charge in [0.1, 0.15) is 29.6 Å². The number of methoxy groups -OCH3 is 2. The van der Waals surface area contributed by atoms with E-state index in [1.807, 2.05) is 54.6 Å². The summed E-state index contributed by atoms with van der Waals surface area (Å²) in [6.45, 7) is -0.192. The van der Waals surface area contributed by atoms with E-state index in [0.29, 0.717) is 5.75 Å². The molecule has 0 saturated carbocycles. The number of carboxylic acid groups (broad SMARTS) is 1. The molecule has 0 aromatic heterocycles. The largest absolute Gasteiger partial charge is 0.497 e. The zero-order valence-corrected chi connectivity index (χ0v) is 25.1. The van der Waals surface area contributed by atoms with E-state index in [1.54, 1.807) is 32.4 Å². The van der Waals surface area contributed by atoms with E-state index in [1.165, 1.54) is 0 Å². The van der Waals surface area contributed by atoms with Gasteiger partial charge in [-0.2, -0.15) is 0 Å². The summed E-state index contributed by atoms with van der Waals surface area (Å²) in [6.07, 6.45) is 2.04. The second-order valence-corrected chi connectivity index (χ2v) is 10.2. The normalized spacial score (nSPS) is 10.5. The Labute approximate surface area is 261 Å². The van der Waals surface area contributed by atoms with Gasteiger partial charge >= 0.3 is 5.97 Å². The molecule has 0 unspecified atom stereocenters. The minimum absolute atomic E-state index is 0.274. The highest BCUT2D eigenvalue weighted by molar-refractivity contribution is 6.32. The van der Waals surface area contributed by atoms with Crippen LogP contribution in [-0.4, -0.2) is 38.5 Å². The molecule has 6 nitrogen and oxygen atoms in total. The lowest BCUT2D eigenvalue weighted by molar-refractivity contribution is -0.139. The van der Waals surface area contributed by atoms with E-state index in [4.69, 9.17) is 35.7 Å². The molecule has 7 heteroatoms. The number of hydrogen-bond donors (Lipinski definition) is 1. The van der Waals surface area contributed by atoms with Crippen molar-refractivity contribution in [1.82, 2.24) is 0 Å². The SMILES string of the molecule is COc1ccc(-c2ccc(C(=CCOc3ccc(OCC(=O)O)c(Cl)c3)c3ccc(-c4ccc(OC)cc4)cc3)cc2)cc1. The van der Waals surface area contributed by atoms with E-state index >= 15 is 0 Å². The van der Waals surface area contributed by atoms with Crippen molar-refractivity contribution in [2.24, 2.45) is 0 Å². The summed E-state index contributed by atoms with van der Waals surface area (Å²) in [7, 11) is 3.32. The van der Waals surface area contributed by atoms with Gasteiger partial charge in [0, 0.05) is 6.07 Å². The van der Waals surface area contributed by atoms with Crippen LogP contribution in [0, 0.1) is 0 Å². The van der Waals surface area contributed by atoms with Crippen molar-refractivity contribution in [3.8, 4) is 45.3 Å². The Balaban J connectivity index is 1.40. The average molecular weight is 607 g/mol. The Bertz CT molecular complexity index is 1630. The van der Waals surface area contributed by atoms with Crippen molar-refractivity contribution in [3.05, 3.63) is 137 Å². The Morgan fingerprint density at radius 2 is 1.07 bits per heavy atom. The minimum Gasteiger partial charge on any atom is -0.497 e. The van der Waals surface area contributed by atoms with Gasteiger partial charge in [-0.15, -0.1) is 0 Å². The second kappa shape index (κ2) is 14.3. The molecular formula is C37H31ClO6. The number of carbonyl (C=O) groups is 1. The van der Waals surface area contributed by atoms with Gasteiger partial charge in [-0.3, -0.25) is 0 Å². The first-order chi connectivity index (χ1) is 21.4. The number of hydrogen-bond acceptors (Lipinski definition) is 5. The monoisotopic (exact) mass is 606 g/mol. The molecule has 0 amide bonds. The number of ether oxygens (including phenoxy) is 4. The first kappa shape index (κ1) is 30.3. The zero-order chi connectivity index (χ0) is 30.9. The molecule has 5 aromatic carbocycles. The second-order valence-electron chi connectivity index (χ2n) is 9.82. The third-order valence-electron chi connectivity index (χ3n) is 7.03. The van der Waals surface area contributed by atoms with Crippen LogP contribution < -0.4 is 18.9 Å². The van der Waals surface area contributed by atoms with E-state index < -0.39 is 12.6 Å². The lowest BCUT2D eigenvalue weighted by atomic mass is 9.94. The summed E-state index contributed by atoms with van der Waals surface area (Å²) in [5.74, 6) is 1.38. The third kappa shape index (κ3) is 7.60. The molecular weight excluding hydrogens is 576 g/mol. The number of aliphatic carboxylic acids is 1. The van der Waals surface area contributed by atoms with Crippen molar-refractivity contribution in [3.63, 3.8) is 0 Å². The molecule has 0 atom stereocenters. The summed E-state index contributed by atoms with van der Waals surface area (Å²) >= 11 is 6.28. The Morgan fingerprint density at radius 1 is 0.636 bits per heavy atom. The topological polar surface area (TPSA) is 74.2 Å². The molecule has 0 aliphatic rings. The van der Waals surface area contributed by atoms with E-state index in [2.05, 4.69) is 48.5 Å². The molecule has 44 heavy (non-hydrogen) atoms.